The summed E-state index contributed by atoms with van der Waals surface area (Å²) in [6.45, 7) is 0.103. The molecule has 1 aromatic heterocycles. The highest BCUT2D eigenvalue weighted by Crippen LogP contribution is 2.22. The first-order valence-corrected chi connectivity index (χ1v) is 11.5. The van der Waals surface area contributed by atoms with E-state index in [9.17, 15) is 17.6 Å². The number of halogens is 1. The Kier molecular flexibility index (Phi) is 6.62. The molecule has 0 radical (unpaired) electrons. The SMILES string of the molecule is O=c1cc(-c2ccc(F)cc2)ncn1CCNS(=O)(=O)c1ccc(Oc2ccccc2)cc1. The maximum absolute atomic E-state index is 13.1. The van der Waals surface area contributed by atoms with Crippen LogP contribution in [0.5, 0.6) is 11.5 Å². The Morgan fingerprint density at radius 1 is 0.909 bits per heavy atom. The summed E-state index contributed by atoms with van der Waals surface area (Å²) in [6, 6.07) is 22.2. The number of para-hydroxylation sites is 1. The number of rotatable bonds is 8. The molecule has 0 spiro atoms. The molecule has 1 heterocycles. The highest BCUT2D eigenvalue weighted by Gasteiger charge is 2.14. The molecule has 3 aromatic carbocycles. The van der Waals surface area contributed by atoms with Crippen molar-refractivity contribution in [2.45, 2.75) is 11.4 Å². The Bertz CT molecular complexity index is 1390. The van der Waals surface area contributed by atoms with Gasteiger partial charge < -0.3 is 4.74 Å². The van der Waals surface area contributed by atoms with Crippen molar-refractivity contribution in [3.05, 3.63) is 107 Å². The van der Waals surface area contributed by atoms with Crippen LogP contribution in [0, 0.1) is 5.82 Å². The van der Waals surface area contributed by atoms with Crippen LogP contribution in [0.1, 0.15) is 0 Å². The van der Waals surface area contributed by atoms with Crippen LogP contribution in [-0.4, -0.2) is 24.5 Å². The van der Waals surface area contributed by atoms with Gasteiger partial charge in [0.15, 0.2) is 0 Å². The van der Waals surface area contributed by atoms with Gasteiger partial charge in [-0.3, -0.25) is 9.36 Å². The largest absolute Gasteiger partial charge is 0.457 e. The van der Waals surface area contributed by atoms with Crippen LogP contribution < -0.4 is 15.0 Å². The summed E-state index contributed by atoms with van der Waals surface area (Å²) in [5, 5.41) is 0. The number of hydrogen-bond donors (Lipinski definition) is 1. The summed E-state index contributed by atoms with van der Waals surface area (Å²) in [5.41, 5.74) is 0.682. The Hall–Kier alpha value is -3.82. The first-order chi connectivity index (χ1) is 15.9. The zero-order valence-electron chi connectivity index (χ0n) is 17.4. The predicted molar refractivity (Wildman–Crippen MR) is 122 cm³/mol. The van der Waals surface area contributed by atoms with Crippen LogP contribution in [0.25, 0.3) is 11.3 Å². The molecule has 0 fully saturated rings. The zero-order chi connectivity index (χ0) is 23.3. The molecule has 0 aliphatic rings. The van der Waals surface area contributed by atoms with Gasteiger partial charge in [0.25, 0.3) is 5.56 Å². The van der Waals surface area contributed by atoms with Crippen LogP contribution >= 0.6 is 0 Å². The van der Waals surface area contributed by atoms with Gasteiger partial charge in [0.2, 0.25) is 10.0 Å². The van der Waals surface area contributed by atoms with Crippen molar-refractivity contribution in [2.75, 3.05) is 6.54 Å². The minimum atomic E-state index is -3.76. The van der Waals surface area contributed by atoms with Crippen molar-refractivity contribution in [3.8, 4) is 22.8 Å². The average molecular weight is 466 g/mol. The van der Waals surface area contributed by atoms with Gasteiger partial charge in [-0.1, -0.05) is 18.2 Å². The molecule has 4 rings (SSSR count). The second-order valence-electron chi connectivity index (χ2n) is 7.10. The lowest BCUT2D eigenvalue weighted by atomic mass is 10.1. The number of sulfonamides is 1. The van der Waals surface area contributed by atoms with Gasteiger partial charge >= 0.3 is 0 Å². The Morgan fingerprint density at radius 2 is 1.58 bits per heavy atom. The Labute approximate surface area is 190 Å². The molecule has 0 saturated carbocycles. The first-order valence-electron chi connectivity index (χ1n) is 10.1. The number of aromatic nitrogens is 2. The van der Waals surface area contributed by atoms with E-state index in [0.29, 0.717) is 22.8 Å². The van der Waals surface area contributed by atoms with E-state index in [1.165, 1.54) is 53.4 Å². The van der Waals surface area contributed by atoms with Gasteiger partial charge in [0.1, 0.15) is 17.3 Å². The molecule has 0 bridgehead atoms. The number of nitrogens with one attached hydrogen (secondary N) is 1. The van der Waals surface area contributed by atoms with Gasteiger partial charge in [0.05, 0.1) is 16.9 Å². The fourth-order valence-corrected chi connectivity index (χ4v) is 4.09. The van der Waals surface area contributed by atoms with Crippen molar-refractivity contribution in [3.63, 3.8) is 0 Å². The Balaban J connectivity index is 1.36. The normalized spacial score (nSPS) is 11.3. The van der Waals surface area contributed by atoms with Crippen LogP contribution in [-0.2, 0) is 16.6 Å². The summed E-state index contributed by atoms with van der Waals surface area (Å²) >= 11 is 0. The van der Waals surface area contributed by atoms with Gasteiger partial charge in [-0.2, -0.15) is 0 Å². The minimum absolute atomic E-state index is 0.00207. The van der Waals surface area contributed by atoms with Gasteiger partial charge in [-0.25, -0.2) is 22.5 Å². The molecule has 0 unspecified atom stereocenters. The second kappa shape index (κ2) is 9.76. The summed E-state index contributed by atoms with van der Waals surface area (Å²) < 4.78 is 47.6. The van der Waals surface area contributed by atoms with Crippen molar-refractivity contribution in [1.82, 2.24) is 14.3 Å². The van der Waals surface area contributed by atoms with Gasteiger partial charge in [-0.05, 0) is 60.7 Å². The minimum Gasteiger partial charge on any atom is -0.457 e. The van der Waals surface area contributed by atoms with Crippen LogP contribution in [0.2, 0.25) is 0 Å². The maximum atomic E-state index is 13.1. The molecule has 9 heteroatoms. The highest BCUT2D eigenvalue weighted by molar-refractivity contribution is 7.89. The molecule has 168 valence electrons. The topological polar surface area (TPSA) is 90.3 Å². The molecule has 33 heavy (non-hydrogen) atoms. The lowest BCUT2D eigenvalue weighted by Crippen LogP contribution is -2.30. The number of nitrogens with zero attached hydrogens (tertiary/aromatic N) is 2. The molecule has 0 aliphatic carbocycles. The first kappa shape index (κ1) is 22.4. The molecule has 4 aromatic rings. The smallest absolute Gasteiger partial charge is 0.253 e. The molecule has 1 N–H and O–H groups in total. The summed E-state index contributed by atoms with van der Waals surface area (Å²) in [6.07, 6.45) is 1.34. The van der Waals surface area contributed by atoms with E-state index in [1.54, 1.807) is 24.3 Å². The molecule has 0 saturated heterocycles. The molecule has 0 atom stereocenters. The molecule has 0 amide bonds. The monoisotopic (exact) mass is 465 g/mol. The van der Waals surface area contributed by atoms with Gasteiger partial charge in [0, 0.05) is 24.7 Å². The molecule has 0 aliphatic heterocycles. The fraction of sp³-hybridized carbons (Fsp3) is 0.0833. The third kappa shape index (κ3) is 5.71. The number of benzene rings is 3. The van der Waals surface area contributed by atoms with Crippen LogP contribution in [0.3, 0.4) is 0 Å². The second-order valence-corrected chi connectivity index (χ2v) is 8.86. The molecular formula is C24H20FN3O4S. The van der Waals surface area contributed by atoms with E-state index < -0.39 is 10.0 Å². The quantitative estimate of drug-likeness (QED) is 0.427. The lowest BCUT2D eigenvalue weighted by Gasteiger charge is -2.10. The van der Waals surface area contributed by atoms with Crippen molar-refractivity contribution in [1.29, 1.82) is 0 Å². The van der Waals surface area contributed by atoms with Crippen LogP contribution in [0.15, 0.2) is 101 Å². The van der Waals surface area contributed by atoms with E-state index in [1.807, 2.05) is 18.2 Å². The lowest BCUT2D eigenvalue weighted by molar-refractivity contribution is 0.482. The zero-order valence-corrected chi connectivity index (χ0v) is 18.2. The summed E-state index contributed by atoms with van der Waals surface area (Å²) in [7, 11) is -3.76. The van der Waals surface area contributed by atoms with E-state index in [2.05, 4.69) is 9.71 Å². The third-order valence-corrected chi connectivity index (χ3v) is 6.25. The van der Waals surface area contributed by atoms with Crippen LogP contribution in [0.4, 0.5) is 4.39 Å². The van der Waals surface area contributed by atoms with E-state index in [-0.39, 0.29) is 29.4 Å². The summed E-state index contributed by atoms with van der Waals surface area (Å²) in [5.74, 6) is 0.785. The summed E-state index contributed by atoms with van der Waals surface area (Å²) in [4.78, 5) is 16.6. The fourth-order valence-electron chi connectivity index (χ4n) is 3.07. The molecule has 7 nitrogen and oxygen atoms in total. The van der Waals surface area contributed by atoms with E-state index >= 15 is 0 Å². The standard InChI is InChI=1S/C24H20FN3O4S/c25-19-8-6-18(7-9-19)23-16-24(29)28(17-26-23)15-14-27-33(30,31)22-12-10-21(11-13-22)32-20-4-2-1-3-5-20/h1-13,16-17,27H,14-15H2. The maximum Gasteiger partial charge on any atom is 0.253 e. The van der Waals surface area contributed by atoms with Gasteiger partial charge in [-0.15, -0.1) is 0 Å². The highest BCUT2D eigenvalue weighted by atomic mass is 32.2. The van der Waals surface area contributed by atoms with E-state index in [4.69, 9.17) is 4.74 Å². The van der Waals surface area contributed by atoms with Crippen molar-refractivity contribution in [2.24, 2.45) is 0 Å². The predicted octanol–water partition coefficient (Wildman–Crippen LogP) is 3.82. The molecular weight excluding hydrogens is 445 g/mol. The Morgan fingerprint density at radius 3 is 2.24 bits per heavy atom. The number of ether oxygens (including phenoxy) is 1. The average Bonchev–Trinajstić information content (AvgIpc) is 2.82. The number of hydrogen-bond acceptors (Lipinski definition) is 5. The van der Waals surface area contributed by atoms with Crippen molar-refractivity contribution >= 4 is 10.0 Å². The van der Waals surface area contributed by atoms with Crippen molar-refractivity contribution < 1.29 is 17.5 Å². The third-order valence-electron chi connectivity index (χ3n) is 4.78. The van der Waals surface area contributed by atoms with E-state index in [0.717, 1.165) is 0 Å².